The number of carbonyl (C=O) groups excluding carboxylic acids is 1. The molecule has 39 heavy (non-hydrogen) atoms. The third kappa shape index (κ3) is 4.34. The summed E-state index contributed by atoms with van der Waals surface area (Å²) in [5.74, 6) is -2.71. The van der Waals surface area contributed by atoms with Crippen LogP contribution in [0.5, 0.6) is 0 Å². The molecule has 200 valence electrons. The lowest BCUT2D eigenvalue weighted by Crippen LogP contribution is -2.37. The number of imidazole rings is 1. The van der Waals surface area contributed by atoms with E-state index >= 15 is 0 Å². The topological polar surface area (TPSA) is 98.9 Å². The number of alkyl halides is 3. The Labute approximate surface area is 218 Å². The van der Waals surface area contributed by atoms with Gasteiger partial charge in [0.1, 0.15) is 6.33 Å². The summed E-state index contributed by atoms with van der Waals surface area (Å²) < 4.78 is 61.7. The number of esters is 1. The van der Waals surface area contributed by atoms with E-state index in [1.54, 1.807) is 24.3 Å². The van der Waals surface area contributed by atoms with Crippen LogP contribution in [0.25, 0.3) is 27.8 Å². The number of para-hydroxylation sites is 2. The number of nitrogens with one attached hydrogen (secondary N) is 2. The van der Waals surface area contributed by atoms with Gasteiger partial charge in [0.25, 0.3) is 0 Å². The number of halogens is 4. The van der Waals surface area contributed by atoms with Gasteiger partial charge in [-0.2, -0.15) is 18.2 Å². The van der Waals surface area contributed by atoms with Crippen LogP contribution in [-0.2, 0) is 22.5 Å². The average molecular weight is 539 g/mol. The van der Waals surface area contributed by atoms with Crippen molar-refractivity contribution in [2.75, 3.05) is 11.9 Å². The Hall–Kier alpha value is -4.52. The lowest BCUT2D eigenvalue weighted by molar-refractivity contribution is -0.207. The summed E-state index contributed by atoms with van der Waals surface area (Å²) in [4.78, 5) is 24.3. The number of nitrogens with zero attached hydrogens (tertiary/aromatic N) is 5. The molecule has 13 heteroatoms. The molecule has 0 amide bonds. The van der Waals surface area contributed by atoms with Gasteiger partial charge < -0.3 is 14.6 Å². The molecule has 0 fully saturated rings. The molecule has 1 atom stereocenters. The maximum absolute atomic E-state index is 14.7. The first-order valence-corrected chi connectivity index (χ1v) is 12.1. The Kier molecular flexibility index (Phi) is 5.94. The fourth-order valence-corrected chi connectivity index (χ4v) is 4.97. The number of aryl methyl sites for hydroxylation is 1. The number of anilines is 2. The molecule has 5 aromatic rings. The highest BCUT2D eigenvalue weighted by atomic mass is 19.4. The van der Waals surface area contributed by atoms with E-state index in [9.17, 15) is 22.4 Å². The van der Waals surface area contributed by atoms with Crippen LogP contribution >= 0.6 is 0 Å². The van der Waals surface area contributed by atoms with Crippen LogP contribution in [0.15, 0.2) is 55.0 Å². The summed E-state index contributed by atoms with van der Waals surface area (Å²) in [6.45, 7) is 2.81. The molecule has 6 rings (SSSR count). The van der Waals surface area contributed by atoms with Gasteiger partial charge in [0.2, 0.25) is 5.95 Å². The second-order valence-electron chi connectivity index (χ2n) is 8.92. The van der Waals surface area contributed by atoms with Crippen molar-refractivity contribution in [1.82, 2.24) is 29.4 Å². The standard InChI is InChI=1S/C26H21F4N7O2/c1-2-36-19-9-10-31-23(39-24(38)26(28,29)30)21(19)15-8-7-14(11-20(15)36)34-25-32-12-16(27)22(35-25)37-13-33-17-5-3-4-6-18(17)37/h3-8,11-13,23,31H,2,9-10H2,1H3,(H,32,34,35). The van der Waals surface area contributed by atoms with E-state index in [1.165, 1.54) is 10.9 Å². The molecule has 0 spiro atoms. The zero-order chi connectivity index (χ0) is 27.3. The molecule has 3 aromatic heterocycles. The Balaban J connectivity index is 1.36. The maximum atomic E-state index is 14.7. The van der Waals surface area contributed by atoms with Crippen LogP contribution in [0.3, 0.4) is 0 Å². The van der Waals surface area contributed by atoms with Crippen molar-refractivity contribution < 1.29 is 27.1 Å². The number of carbonyl (C=O) groups is 1. The number of benzene rings is 2. The molecular weight excluding hydrogens is 518 g/mol. The third-order valence-corrected chi connectivity index (χ3v) is 6.61. The van der Waals surface area contributed by atoms with Gasteiger partial charge in [-0.3, -0.25) is 9.88 Å². The van der Waals surface area contributed by atoms with E-state index in [0.29, 0.717) is 47.2 Å². The number of rotatable bonds is 5. The van der Waals surface area contributed by atoms with Gasteiger partial charge in [-0.05, 0) is 31.2 Å². The molecule has 1 unspecified atom stereocenters. The first-order chi connectivity index (χ1) is 18.7. The smallest absolute Gasteiger partial charge is 0.435 e. The quantitative estimate of drug-likeness (QED) is 0.242. The van der Waals surface area contributed by atoms with Gasteiger partial charge in [0.05, 0.1) is 22.7 Å². The normalized spacial score (nSPS) is 15.5. The van der Waals surface area contributed by atoms with E-state index in [1.807, 2.05) is 29.7 Å². The molecule has 2 aromatic carbocycles. The minimum atomic E-state index is -5.10. The maximum Gasteiger partial charge on any atom is 0.490 e. The molecule has 0 aliphatic carbocycles. The van der Waals surface area contributed by atoms with Gasteiger partial charge in [-0.1, -0.05) is 18.2 Å². The van der Waals surface area contributed by atoms with Crippen molar-refractivity contribution in [3.8, 4) is 5.82 Å². The molecule has 1 aliphatic heterocycles. The minimum absolute atomic E-state index is 0.0232. The highest BCUT2D eigenvalue weighted by Gasteiger charge is 2.43. The molecule has 1 aliphatic rings. The zero-order valence-electron chi connectivity index (χ0n) is 20.5. The first-order valence-electron chi connectivity index (χ1n) is 12.1. The van der Waals surface area contributed by atoms with Crippen molar-refractivity contribution in [3.63, 3.8) is 0 Å². The second-order valence-corrected chi connectivity index (χ2v) is 8.92. The van der Waals surface area contributed by atoms with E-state index in [4.69, 9.17) is 4.74 Å². The molecule has 0 bridgehead atoms. The Bertz CT molecular complexity index is 1730. The lowest BCUT2D eigenvalue weighted by Gasteiger charge is -2.26. The van der Waals surface area contributed by atoms with E-state index in [0.717, 1.165) is 17.4 Å². The highest BCUT2D eigenvalue weighted by Crippen LogP contribution is 2.37. The highest BCUT2D eigenvalue weighted by molar-refractivity contribution is 5.90. The molecular formula is C26H21F4N7O2. The van der Waals surface area contributed by atoms with E-state index in [2.05, 4.69) is 25.6 Å². The van der Waals surface area contributed by atoms with Gasteiger partial charge in [0.15, 0.2) is 17.9 Å². The fraction of sp³-hybridized carbons (Fsp3) is 0.231. The molecule has 2 N–H and O–H groups in total. The predicted octanol–water partition coefficient (Wildman–Crippen LogP) is 4.92. The molecule has 4 heterocycles. The number of hydrogen-bond donors (Lipinski definition) is 2. The van der Waals surface area contributed by atoms with Crippen LogP contribution in [0, 0.1) is 5.82 Å². The largest absolute Gasteiger partial charge is 0.490 e. The van der Waals surface area contributed by atoms with Gasteiger partial charge in [-0.25, -0.2) is 19.2 Å². The van der Waals surface area contributed by atoms with Crippen molar-refractivity contribution in [2.45, 2.75) is 32.3 Å². The Morgan fingerprint density at radius 2 is 2.00 bits per heavy atom. The van der Waals surface area contributed by atoms with Crippen molar-refractivity contribution >= 4 is 39.5 Å². The van der Waals surface area contributed by atoms with Gasteiger partial charge in [0, 0.05) is 41.8 Å². The third-order valence-electron chi connectivity index (χ3n) is 6.61. The molecule has 9 nitrogen and oxygen atoms in total. The summed E-state index contributed by atoms with van der Waals surface area (Å²) in [7, 11) is 0. The monoisotopic (exact) mass is 539 g/mol. The van der Waals surface area contributed by atoms with Gasteiger partial charge in [-0.15, -0.1) is 0 Å². The van der Waals surface area contributed by atoms with E-state index < -0.39 is 24.2 Å². The number of aromatic nitrogens is 5. The summed E-state index contributed by atoms with van der Waals surface area (Å²) in [5.41, 5.74) is 3.96. The number of fused-ring (bicyclic) bond motifs is 4. The van der Waals surface area contributed by atoms with Crippen molar-refractivity contribution in [3.05, 3.63) is 72.1 Å². The Morgan fingerprint density at radius 1 is 1.18 bits per heavy atom. The first kappa shape index (κ1) is 24.8. The van der Waals surface area contributed by atoms with Crippen molar-refractivity contribution in [2.24, 2.45) is 0 Å². The number of ether oxygens (including phenoxy) is 1. The van der Waals surface area contributed by atoms with Crippen LogP contribution in [0.2, 0.25) is 0 Å². The SMILES string of the molecule is CCn1c2c(c3ccc(Nc4ncc(F)c(-n5cnc6ccccc65)n4)cc31)C(OC(=O)C(F)(F)F)NCC2. The molecule has 0 saturated carbocycles. The van der Waals surface area contributed by atoms with Crippen LogP contribution < -0.4 is 10.6 Å². The second kappa shape index (κ2) is 9.34. The fourth-order valence-electron chi connectivity index (χ4n) is 4.97. The predicted molar refractivity (Wildman–Crippen MR) is 134 cm³/mol. The zero-order valence-corrected chi connectivity index (χ0v) is 20.5. The van der Waals surface area contributed by atoms with Crippen LogP contribution in [-0.4, -0.2) is 42.8 Å². The molecule has 0 saturated heterocycles. The summed E-state index contributed by atoms with van der Waals surface area (Å²) in [6.07, 6.45) is -3.23. The van der Waals surface area contributed by atoms with E-state index in [-0.39, 0.29) is 11.8 Å². The minimum Gasteiger partial charge on any atom is -0.435 e. The van der Waals surface area contributed by atoms with Crippen LogP contribution in [0.1, 0.15) is 24.4 Å². The molecule has 0 radical (unpaired) electrons. The average Bonchev–Trinajstić information content (AvgIpc) is 3.48. The van der Waals surface area contributed by atoms with Gasteiger partial charge >= 0.3 is 12.1 Å². The number of hydrogen-bond acceptors (Lipinski definition) is 7. The summed E-state index contributed by atoms with van der Waals surface area (Å²) in [5, 5.41) is 6.60. The summed E-state index contributed by atoms with van der Waals surface area (Å²) in [6, 6.07) is 12.5. The lowest BCUT2D eigenvalue weighted by atomic mass is 10.0. The Morgan fingerprint density at radius 3 is 2.79 bits per heavy atom. The summed E-state index contributed by atoms with van der Waals surface area (Å²) >= 11 is 0. The van der Waals surface area contributed by atoms with Crippen LogP contribution in [0.4, 0.5) is 29.2 Å². The van der Waals surface area contributed by atoms with Crippen molar-refractivity contribution in [1.29, 1.82) is 0 Å².